The van der Waals surface area contributed by atoms with Gasteiger partial charge in [-0.25, -0.2) is 0 Å². The minimum Gasteiger partial charge on any atom is -0.435 e. The maximum Gasteiger partial charge on any atom is 0.387 e. The maximum absolute atomic E-state index is 13.1. The molecule has 0 radical (unpaired) electrons. The molecule has 1 aromatic heterocycles. The number of hydrogen-bond acceptors (Lipinski definition) is 5. The Morgan fingerprint density at radius 2 is 1.79 bits per heavy atom. The molecule has 0 saturated carbocycles. The molecule has 0 aliphatic heterocycles. The van der Waals surface area contributed by atoms with Crippen LogP contribution in [0.1, 0.15) is 11.1 Å². The van der Waals surface area contributed by atoms with E-state index in [0.717, 1.165) is 16.9 Å². The minimum absolute atomic E-state index is 0.00548. The van der Waals surface area contributed by atoms with Crippen molar-refractivity contribution < 1.29 is 13.5 Å². The molecule has 0 bridgehead atoms. The van der Waals surface area contributed by atoms with E-state index in [-0.39, 0.29) is 21.5 Å². The van der Waals surface area contributed by atoms with Gasteiger partial charge in [-0.05, 0) is 42.3 Å². The number of hydrogen-bond donors (Lipinski definition) is 0. The molecule has 2 aromatic carbocycles. The summed E-state index contributed by atoms with van der Waals surface area (Å²) in [5, 5.41) is 18.6. The number of thiazole rings is 1. The van der Waals surface area contributed by atoms with E-state index < -0.39 is 6.61 Å². The second-order valence-corrected chi connectivity index (χ2v) is 6.92. The summed E-state index contributed by atoms with van der Waals surface area (Å²) < 4.78 is 30.7. The number of nitrogens with zero attached hydrogens (tertiary/aromatic N) is 3. The highest BCUT2D eigenvalue weighted by atomic mass is 32.1. The molecule has 8 heteroatoms. The zero-order chi connectivity index (χ0) is 21.0. The number of nitriles is 2. The van der Waals surface area contributed by atoms with E-state index in [9.17, 15) is 24.1 Å². The van der Waals surface area contributed by atoms with E-state index >= 15 is 0 Å². The molecule has 0 atom stereocenters. The standard InChI is InChI=1S/C21H13F2N3O2S/c1-13-4-2-3-5-17(13)26-19(27)18(29-20(26)15(11-24)12-25)10-14-6-8-16(9-7-14)28-21(22)23/h2-10,21H,1H3/b18-10+. The van der Waals surface area contributed by atoms with Crippen LogP contribution in [0.25, 0.3) is 17.3 Å². The van der Waals surface area contributed by atoms with Gasteiger partial charge in [0.15, 0.2) is 5.57 Å². The van der Waals surface area contributed by atoms with Gasteiger partial charge in [0.25, 0.3) is 5.56 Å². The zero-order valence-electron chi connectivity index (χ0n) is 15.1. The normalized spacial score (nSPS) is 11.2. The Balaban J connectivity index is 2.24. The van der Waals surface area contributed by atoms with E-state index in [2.05, 4.69) is 4.74 Å². The number of benzene rings is 2. The van der Waals surface area contributed by atoms with Gasteiger partial charge < -0.3 is 4.74 Å². The lowest BCUT2D eigenvalue weighted by Crippen LogP contribution is -2.31. The molecular formula is C21H13F2N3O2S. The van der Waals surface area contributed by atoms with E-state index in [1.165, 1.54) is 28.8 Å². The average molecular weight is 409 g/mol. The molecule has 29 heavy (non-hydrogen) atoms. The first-order chi connectivity index (χ1) is 13.9. The Morgan fingerprint density at radius 1 is 1.14 bits per heavy atom. The Bertz CT molecular complexity index is 1290. The number of alkyl halides is 2. The van der Waals surface area contributed by atoms with Crippen molar-refractivity contribution >= 4 is 23.0 Å². The maximum atomic E-state index is 13.1. The molecule has 0 unspecified atom stereocenters. The molecule has 0 aliphatic rings. The highest BCUT2D eigenvalue weighted by Crippen LogP contribution is 2.15. The first-order valence-electron chi connectivity index (χ1n) is 8.33. The van der Waals surface area contributed by atoms with Crippen molar-refractivity contribution in [2.45, 2.75) is 13.5 Å². The lowest BCUT2D eigenvalue weighted by atomic mass is 10.2. The van der Waals surface area contributed by atoms with Gasteiger partial charge >= 0.3 is 6.61 Å². The molecule has 0 spiro atoms. The lowest BCUT2D eigenvalue weighted by Gasteiger charge is -2.05. The third-order valence-electron chi connectivity index (χ3n) is 4.02. The predicted molar refractivity (Wildman–Crippen MR) is 105 cm³/mol. The molecule has 0 N–H and O–H groups in total. The smallest absolute Gasteiger partial charge is 0.387 e. The Hall–Kier alpha value is -3.75. The quantitative estimate of drug-likeness (QED) is 0.664. The van der Waals surface area contributed by atoms with Gasteiger partial charge in [-0.15, -0.1) is 11.3 Å². The number of para-hydroxylation sites is 1. The van der Waals surface area contributed by atoms with Crippen molar-refractivity contribution in [3.8, 4) is 23.6 Å². The monoisotopic (exact) mass is 409 g/mol. The fourth-order valence-electron chi connectivity index (χ4n) is 2.70. The number of ether oxygens (including phenoxy) is 1. The highest BCUT2D eigenvalue weighted by molar-refractivity contribution is 7.07. The summed E-state index contributed by atoms with van der Waals surface area (Å²) in [6.07, 6.45) is 1.57. The molecule has 1 heterocycles. The van der Waals surface area contributed by atoms with Crippen molar-refractivity contribution in [1.29, 1.82) is 10.5 Å². The molecule has 0 amide bonds. The van der Waals surface area contributed by atoms with Crippen LogP contribution < -0.4 is 19.5 Å². The number of halogens is 2. The van der Waals surface area contributed by atoms with Gasteiger partial charge in [0.05, 0.1) is 10.2 Å². The zero-order valence-corrected chi connectivity index (χ0v) is 15.9. The van der Waals surface area contributed by atoms with E-state index in [1.54, 1.807) is 18.2 Å². The molecule has 3 aromatic rings. The first kappa shape index (κ1) is 20.0. The van der Waals surface area contributed by atoms with Crippen LogP contribution in [0.15, 0.2) is 53.3 Å². The molecule has 3 rings (SSSR count). The summed E-state index contributed by atoms with van der Waals surface area (Å²) in [4.78, 5) is 13.1. The topological polar surface area (TPSA) is 78.8 Å². The van der Waals surface area contributed by atoms with Crippen molar-refractivity contribution in [3.05, 3.63) is 79.2 Å². The third kappa shape index (κ3) is 4.23. The van der Waals surface area contributed by atoms with Crippen LogP contribution in [0.5, 0.6) is 5.75 Å². The Kier molecular flexibility index (Phi) is 5.87. The van der Waals surface area contributed by atoms with Crippen LogP contribution in [-0.4, -0.2) is 11.2 Å². The van der Waals surface area contributed by atoms with Gasteiger partial charge in [0.1, 0.15) is 22.6 Å². The highest BCUT2D eigenvalue weighted by Gasteiger charge is 2.12. The van der Waals surface area contributed by atoms with Crippen molar-refractivity contribution in [2.24, 2.45) is 0 Å². The van der Waals surface area contributed by atoms with E-state index in [0.29, 0.717) is 15.8 Å². The Labute approximate surface area is 168 Å². The van der Waals surface area contributed by atoms with Gasteiger partial charge in [0.2, 0.25) is 0 Å². The second-order valence-electron chi connectivity index (χ2n) is 5.89. The summed E-state index contributed by atoms with van der Waals surface area (Å²) in [7, 11) is 0. The molecular weight excluding hydrogens is 396 g/mol. The molecule has 144 valence electrons. The summed E-state index contributed by atoms with van der Waals surface area (Å²) in [6.45, 7) is -1.09. The van der Waals surface area contributed by atoms with Gasteiger partial charge in [0, 0.05) is 0 Å². The van der Waals surface area contributed by atoms with Crippen molar-refractivity contribution in [1.82, 2.24) is 4.57 Å². The second kappa shape index (κ2) is 8.51. The van der Waals surface area contributed by atoms with E-state index in [4.69, 9.17) is 0 Å². The predicted octanol–water partition coefficient (Wildman–Crippen LogP) is 2.84. The van der Waals surface area contributed by atoms with Crippen LogP contribution in [0.4, 0.5) is 8.78 Å². The van der Waals surface area contributed by atoms with Gasteiger partial charge in [-0.1, -0.05) is 30.3 Å². The van der Waals surface area contributed by atoms with Crippen LogP contribution in [0, 0.1) is 29.6 Å². The molecule has 5 nitrogen and oxygen atoms in total. The third-order valence-corrected chi connectivity index (χ3v) is 5.11. The number of aryl methyl sites for hydroxylation is 1. The SMILES string of the molecule is Cc1ccccc1-n1c(=C(C#N)C#N)s/c(=C/c2ccc(OC(F)F)cc2)c1=O. The fraction of sp³-hybridized carbons (Fsp3) is 0.0952. The Morgan fingerprint density at radius 3 is 2.38 bits per heavy atom. The van der Waals surface area contributed by atoms with Gasteiger partial charge in [-0.2, -0.15) is 19.3 Å². The summed E-state index contributed by atoms with van der Waals surface area (Å²) in [6, 6.07) is 16.6. The van der Waals surface area contributed by atoms with Crippen molar-refractivity contribution in [3.63, 3.8) is 0 Å². The fourth-order valence-corrected chi connectivity index (χ4v) is 3.75. The van der Waals surface area contributed by atoms with Gasteiger partial charge in [-0.3, -0.25) is 9.36 Å². The summed E-state index contributed by atoms with van der Waals surface area (Å²) in [5.41, 5.74) is 1.42. The molecule has 0 aliphatic carbocycles. The molecule has 0 fully saturated rings. The van der Waals surface area contributed by atoms with Crippen LogP contribution >= 0.6 is 11.3 Å². The van der Waals surface area contributed by atoms with Crippen LogP contribution in [0.3, 0.4) is 0 Å². The average Bonchev–Trinajstić information content (AvgIpc) is 3.00. The van der Waals surface area contributed by atoms with E-state index in [1.807, 2.05) is 31.2 Å². The van der Waals surface area contributed by atoms with Crippen molar-refractivity contribution in [2.75, 3.05) is 0 Å². The van der Waals surface area contributed by atoms with Crippen LogP contribution in [0.2, 0.25) is 0 Å². The first-order valence-corrected chi connectivity index (χ1v) is 9.15. The number of aromatic nitrogens is 1. The summed E-state index contributed by atoms with van der Waals surface area (Å²) in [5.74, 6) is 0.00548. The van der Waals surface area contributed by atoms with Crippen LogP contribution in [-0.2, 0) is 0 Å². The summed E-state index contributed by atoms with van der Waals surface area (Å²) >= 11 is 1.02. The number of rotatable bonds is 4. The molecule has 0 saturated heterocycles. The minimum atomic E-state index is -2.92. The largest absolute Gasteiger partial charge is 0.435 e. The lowest BCUT2D eigenvalue weighted by molar-refractivity contribution is -0.0498.